The topological polar surface area (TPSA) is 26.3 Å². The third-order valence-electron chi connectivity index (χ3n) is 2.76. The van der Waals surface area contributed by atoms with Crippen molar-refractivity contribution in [2.75, 3.05) is 7.11 Å². The monoisotopic (exact) mass is 186 g/mol. The van der Waals surface area contributed by atoms with Gasteiger partial charge in [0.25, 0.3) is 0 Å². The Morgan fingerprint density at radius 2 is 1.77 bits per heavy atom. The molecule has 0 radical (unpaired) electrons. The van der Waals surface area contributed by atoms with Crippen LogP contribution in [0.4, 0.5) is 0 Å². The van der Waals surface area contributed by atoms with Crippen molar-refractivity contribution in [3.05, 3.63) is 0 Å². The summed E-state index contributed by atoms with van der Waals surface area (Å²) in [6.07, 6.45) is 1.72. The lowest BCUT2D eigenvalue weighted by Gasteiger charge is -2.18. The van der Waals surface area contributed by atoms with Gasteiger partial charge in [-0.05, 0) is 31.6 Å². The van der Waals surface area contributed by atoms with E-state index in [1.54, 1.807) is 14.0 Å². The molecule has 78 valence electrons. The highest BCUT2D eigenvalue weighted by atomic mass is 16.5. The zero-order valence-electron chi connectivity index (χ0n) is 9.46. The summed E-state index contributed by atoms with van der Waals surface area (Å²) in [5.74, 6) is 1.49. The van der Waals surface area contributed by atoms with Gasteiger partial charge in [-0.1, -0.05) is 20.8 Å². The lowest BCUT2D eigenvalue weighted by molar-refractivity contribution is -0.127. The van der Waals surface area contributed by atoms with E-state index in [0.717, 1.165) is 12.8 Å². The second-order valence-corrected chi connectivity index (χ2v) is 4.13. The molecular formula is C11H22O2. The number of hydrogen-bond acceptors (Lipinski definition) is 2. The Labute approximate surface area is 81.7 Å². The fraction of sp³-hybridized carbons (Fsp3) is 0.909. The minimum atomic E-state index is -0.193. The Morgan fingerprint density at radius 3 is 2.08 bits per heavy atom. The van der Waals surface area contributed by atoms with E-state index in [9.17, 15) is 4.79 Å². The molecule has 0 spiro atoms. The number of Topliss-reactive ketones (excluding diaryl/α,β-unsaturated/α-hetero) is 1. The molecule has 0 bridgehead atoms. The molecule has 13 heavy (non-hydrogen) atoms. The highest BCUT2D eigenvalue weighted by Gasteiger charge is 2.15. The minimum absolute atomic E-state index is 0.137. The van der Waals surface area contributed by atoms with E-state index in [-0.39, 0.29) is 11.9 Å². The van der Waals surface area contributed by atoms with Crippen LogP contribution in [-0.4, -0.2) is 19.0 Å². The van der Waals surface area contributed by atoms with Crippen LogP contribution in [0.3, 0.4) is 0 Å². The Bertz CT molecular complexity index is 152. The van der Waals surface area contributed by atoms with Gasteiger partial charge >= 0.3 is 0 Å². The molecule has 0 heterocycles. The molecule has 0 aliphatic carbocycles. The molecule has 0 aliphatic heterocycles. The van der Waals surface area contributed by atoms with Gasteiger partial charge in [-0.25, -0.2) is 0 Å². The fourth-order valence-corrected chi connectivity index (χ4v) is 1.23. The van der Waals surface area contributed by atoms with Crippen LogP contribution in [-0.2, 0) is 9.53 Å². The molecular weight excluding hydrogens is 164 g/mol. The number of ether oxygens (including phenoxy) is 1. The maximum absolute atomic E-state index is 11.0. The first-order chi connectivity index (χ1) is 5.99. The smallest absolute Gasteiger partial charge is 0.158 e. The van der Waals surface area contributed by atoms with Crippen molar-refractivity contribution < 1.29 is 9.53 Å². The van der Waals surface area contributed by atoms with Crippen LogP contribution in [0, 0.1) is 11.8 Å². The van der Waals surface area contributed by atoms with Gasteiger partial charge in [-0.2, -0.15) is 0 Å². The first-order valence-corrected chi connectivity index (χ1v) is 5.02. The van der Waals surface area contributed by atoms with Crippen LogP contribution < -0.4 is 0 Å². The molecule has 0 aromatic heterocycles. The molecule has 0 saturated heterocycles. The number of ketones is 1. The van der Waals surface area contributed by atoms with Crippen LogP contribution in [0.15, 0.2) is 0 Å². The van der Waals surface area contributed by atoms with Crippen molar-refractivity contribution >= 4 is 5.78 Å². The highest BCUT2D eigenvalue weighted by Crippen LogP contribution is 2.18. The van der Waals surface area contributed by atoms with Crippen molar-refractivity contribution in [1.29, 1.82) is 0 Å². The molecule has 0 aromatic carbocycles. The second kappa shape index (κ2) is 6.14. The number of hydrogen-bond donors (Lipinski definition) is 0. The predicted molar refractivity (Wildman–Crippen MR) is 54.7 cm³/mol. The van der Waals surface area contributed by atoms with E-state index in [1.165, 1.54) is 0 Å². The van der Waals surface area contributed by atoms with Gasteiger partial charge in [0.1, 0.15) is 6.10 Å². The summed E-state index contributed by atoms with van der Waals surface area (Å²) < 4.78 is 5.09. The quantitative estimate of drug-likeness (QED) is 0.637. The molecule has 2 unspecified atom stereocenters. The number of rotatable bonds is 6. The molecule has 0 fully saturated rings. The van der Waals surface area contributed by atoms with Crippen LogP contribution >= 0.6 is 0 Å². The molecule has 0 N–H and O–H groups in total. The summed E-state index contributed by atoms with van der Waals surface area (Å²) in [7, 11) is 1.60. The summed E-state index contributed by atoms with van der Waals surface area (Å²) in [6, 6.07) is 0. The largest absolute Gasteiger partial charge is 0.374 e. The summed E-state index contributed by atoms with van der Waals surface area (Å²) in [5.41, 5.74) is 0. The number of methoxy groups -OCH3 is 1. The van der Waals surface area contributed by atoms with Crippen molar-refractivity contribution in [3.8, 4) is 0 Å². The van der Waals surface area contributed by atoms with Gasteiger partial charge in [0.15, 0.2) is 5.78 Å². The molecule has 0 aromatic rings. The van der Waals surface area contributed by atoms with E-state index in [2.05, 4.69) is 20.8 Å². The van der Waals surface area contributed by atoms with Crippen LogP contribution in [0.2, 0.25) is 0 Å². The van der Waals surface area contributed by atoms with E-state index in [1.807, 2.05) is 0 Å². The number of carbonyl (C=O) groups excluding carboxylic acids is 1. The van der Waals surface area contributed by atoms with Crippen molar-refractivity contribution in [2.24, 2.45) is 11.8 Å². The zero-order chi connectivity index (χ0) is 10.4. The molecule has 2 nitrogen and oxygen atoms in total. The minimum Gasteiger partial charge on any atom is -0.374 e. The summed E-state index contributed by atoms with van der Waals surface area (Å²) in [5, 5.41) is 0. The summed E-state index contributed by atoms with van der Waals surface area (Å²) >= 11 is 0. The molecule has 0 aliphatic rings. The molecule has 0 saturated carbocycles. The Balaban J connectivity index is 3.78. The van der Waals surface area contributed by atoms with Gasteiger partial charge in [0.05, 0.1) is 0 Å². The molecule has 0 amide bonds. The van der Waals surface area contributed by atoms with Gasteiger partial charge in [-0.15, -0.1) is 0 Å². The lowest BCUT2D eigenvalue weighted by atomic mass is 9.91. The molecule has 2 heteroatoms. The summed E-state index contributed by atoms with van der Waals surface area (Å²) in [6.45, 7) is 8.23. The molecule has 0 rings (SSSR count). The third kappa shape index (κ3) is 5.04. The van der Waals surface area contributed by atoms with Crippen LogP contribution in [0.25, 0.3) is 0 Å². The van der Waals surface area contributed by atoms with Crippen molar-refractivity contribution in [2.45, 2.75) is 46.6 Å². The Hall–Kier alpha value is -0.370. The SMILES string of the molecule is COC(CCC(C)C(C)C)C(C)=O. The fourth-order valence-electron chi connectivity index (χ4n) is 1.23. The predicted octanol–water partition coefficient (Wildman–Crippen LogP) is 2.66. The lowest BCUT2D eigenvalue weighted by Crippen LogP contribution is -2.21. The third-order valence-corrected chi connectivity index (χ3v) is 2.76. The Kier molecular flexibility index (Phi) is 5.97. The van der Waals surface area contributed by atoms with E-state index in [4.69, 9.17) is 4.74 Å². The molecule has 2 atom stereocenters. The van der Waals surface area contributed by atoms with Gasteiger partial charge in [0.2, 0.25) is 0 Å². The normalized spacial score (nSPS) is 15.8. The maximum Gasteiger partial charge on any atom is 0.158 e. The standard InChI is InChI=1S/C11H22O2/c1-8(2)9(3)6-7-11(13-5)10(4)12/h8-9,11H,6-7H2,1-5H3. The summed E-state index contributed by atoms with van der Waals surface area (Å²) in [4.78, 5) is 11.0. The average Bonchev–Trinajstić information content (AvgIpc) is 2.04. The van der Waals surface area contributed by atoms with Crippen molar-refractivity contribution in [1.82, 2.24) is 0 Å². The maximum atomic E-state index is 11.0. The Morgan fingerprint density at radius 1 is 1.23 bits per heavy atom. The first-order valence-electron chi connectivity index (χ1n) is 5.02. The van der Waals surface area contributed by atoms with Gasteiger partial charge < -0.3 is 4.74 Å². The number of carbonyl (C=O) groups is 1. The van der Waals surface area contributed by atoms with Gasteiger partial charge in [-0.3, -0.25) is 4.79 Å². The van der Waals surface area contributed by atoms with E-state index < -0.39 is 0 Å². The van der Waals surface area contributed by atoms with Crippen LogP contribution in [0.5, 0.6) is 0 Å². The van der Waals surface area contributed by atoms with Crippen LogP contribution in [0.1, 0.15) is 40.5 Å². The second-order valence-electron chi connectivity index (χ2n) is 4.13. The highest BCUT2D eigenvalue weighted by molar-refractivity contribution is 5.80. The van der Waals surface area contributed by atoms with E-state index >= 15 is 0 Å². The zero-order valence-corrected chi connectivity index (χ0v) is 9.46. The average molecular weight is 186 g/mol. The first kappa shape index (κ1) is 12.6. The van der Waals surface area contributed by atoms with Gasteiger partial charge in [0, 0.05) is 7.11 Å². The van der Waals surface area contributed by atoms with E-state index in [0.29, 0.717) is 11.8 Å². The van der Waals surface area contributed by atoms with Crippen molar-refractivity contribution in [3.63, 3.8) is 0 Å².